The number of nitrogens with zero attached hydrogens (tertiary/aromatic N) is 1. The summed E-state index contributed by atoms with van der Waals surface area (Å²) in [4.78, 5) is 14.1. The summed E-state index contributed by atoms with van der Waals surface area (Å²) in [7, 11) is 2.00. The Morgan fingerprint density at radius 2 is 2.47 bits per heavy atom. The smallest absolute Gasteiger partial charge is 0.257 e. The van der Waals surface area contributed by atoms with Crippen LogP contribution in [0.25, 0.3) is 0 Å². The third-order valence-corrected chi connectivity index (χ3v) is 3.68. The van der Waals surface area contributed by atoms with E-state index in [0.717, 1.165) is 25.9 Å². The topological polar surface area (TPSA) is 45.5 Å². The molecule has 1 aliphatic heterocycles. The molecule has 2 unspecified atom stereocenters. The minimum atomic E-state index is 0.0896. The highest BCUT2D eigenvalue weighted by atomic mass is 16.3. The van der Waals surface area contributed by atoms with Gasteiger partial charge in [-0.3, -0.25) is 4.79 Å². The molecule has 0 aromatic carbocycles. The number of piperidine rings is 1. The molecule has 94 valence electrons. The molecule has 1 aliphatic rings. The zero-order chi connectivity index (χ0) is 12.3. The van der Waals surface area contributed by atoms with Crippen molar-refractivity contribution in [1.82, 2.24) is 10.2 Å². The summed E-state index contributed by atoms with van der Waals surface area (Å²) in [5, 5.41) is 3.34. The van der Waals surface area contributed by atoms with Gasteiger partial charge in [0.1, 0.15) is 6.26 Å². The Morgan fingerprint density at radius 3 is 3.06 bits per heavy atom. The molecule has 17 heavy (non-hydrogen) atoms. The van der Waals surface area contributed by atoms with Crippen molar-refractivity contribution >= 4 is 5.91 Å². The van der Waals surface area contributed by atoms with Crippen LogP contribution in [0.2, 0.25) is 0 Å². The molecule has 1 aromatic heterocycles. The van der Waals surface area contributed by atoms with Crippen LogP contribution in [0.3, 0.4) is 0 Å². The molecule has 1 aromatic rings. The fraction of sp³-hybridized carbons (Fsp3) is 0.615. The van der Waals surface area contributed by atoms with Gasteiger partial charge in [0.15, 0.2) is 0 Å². The maximum absolute atomic E-state index is 12.2. The molecular weight excluding hydrogens is 216 g/mol. The Balaban J connectivity index is 2.02. The highest BCUT2D eigenvalue weighted by Gasteiger charge is 2.29. The minimum absolute atomic E-state index is 0.0896. The van der Waals surface area contributed by atoms with Crippen molar-refractivity contribution in [1.29, 1.82) is 0 Å². The van der Waals surface area contributed by atoms with Gasteiger partial charge in [-0.15, -0.1) is 0 Å². The maximum Gasteiger partial charge on any atom is 0.257 e. The van der Waals surface area contributed by atoms with Gasteiger partial charge in [-0.05, 0) is 25.5 Å². The number of carbonyl (C=O) groups excluding carboxylic acids is 1. The van der Waals surface area contributed by atoms with Gasteiger partial charge in [0.25, 0.3) is 5.91 Å². The number of carbonyl (C=O) groups is 1. The van der Waals surface area contributed by atoms with Gasteiger partial charge >= 0.3 is 0 Å². The number of rotatable bonds is 3. The predicted octanol–water partition coefficient (Wildman–Crippen LogP) is 1.74. The highest BCUT2D eigenvalue weighted by Crippen LogP contribution is 2.21. The molecule has 2 heterocycles. The summed E-state index contributed by atoms with van der Waals surface area (Å²) in [6, 6.07) is 2.27. The first kappa shape index (κ1) is 12.2. The SMILES string of the molecule is CCC1CN(C(=O)c2ccoc2)CCC1NC. The summed E-state index contributed by atoms with van der Waals surface area (Å²) >= 11 is 0. The van der Waals surface area contributed by atoms with E-state index < -0.39 is 0 Å². The zero-order valence-electron chi connectivity index (χ0n) is 10.5. The highest BCUT2D eigenvalue weighted by molar-refractivity contribution is 5.93. The number of likely N-dealkylation sites (tertiary alicyclic amines) is 1. The second kappa shape index (κ2) is 5.36. The van der Waals surface area contributed by atoms with Gasteiger partial charge in [0.2, 0.25) is 0 Å². The van der Waals surface area contributed by atoms with Crippen LogP contribution in [0, 0.1) is 5.92 Å². The molecule has 0 bridgehead atoms. The van der Waals surface area contributed by atoms with E-state index in [-0.39, 0.29) is 5.91 Å². The van der Waals surface area contributed by atoms with Crippen LogP contribution in [0.5, 0.6) is 0 Å². The molecule has 1 N–H and O–H groups in total. The Labute approximate surface area is 102 Å². The standard InChI is InChI=1S/C13H20N2O2/c1-3-10-8-15(6-4-12(10)14-2)13(16)11-5-7-17-9-11/h5,7,9-10,12,14H,3-4,6,8H2,1-2H3. The van der Waals surface area contributed by atoms with Crippen LogP contribution in [0.4, 0.5) is 0 Å². The molecule has 0 spiro atoms. The van der Waals surface area contributed by atoms with Crippen molar-refractivity contribution in [2.24, 2.45) is 5.92 Å². The molecule has 4 nitrogen and oxygen atoms in total. The lowest BCUT2D eigenvalue weighted by Gasteiger charge is -2.38. The second-order valence-electron chi connectivity index (χ2n) is 4.62. The van der Waals surface area contributed by atoms with Crippen LogP contribution < -0.4 is 5.32 Å². The molecule has 4 heteroatoms. The average molecular weight is 236 g/mol. The van der Waals surface area contributed by atoms with Crippen LogP contribution in [0.1, 0.15) is 30.1 Å². The monoisotopic (exact) mass is 236 g/mol. The van der Waals surface area contributed by atoms with E-state index in [1.54, 1.807) is 12.3 Å². The molecule has 0 radical (unpaired) electrons. The van der Waals surface area contributed by atoms with Gasteiger partial charge in [-0.1, -0.05) is 13.3 Å². The number of nitrogens with one attached hydrogen (secondary N) is 1. The third-order valence-electron chi connectivity index (χ3n) is 3.68. The third kappa shape index (κ3) is 2.52. The molecule has 1 amide bonds. The number of hydrogen-bond donors (Lipinski definition) is 1. The van der Waals surface area contributed by atoms with Crippen molar-refractivity contribution in [3.8, 4) is 0 Å². The Kier molecular flexibility index (Phi) is 3.84. The van der Waals surface area contributed by atoms with Crippen molar-refractivity contribution in [2.75, 3.05) is 20.1 Å². The van der Waals surface area contributed by atoms with Crippen molar-refractivity contribution < 1.29 is 9.21 Å². The largest absolute Gasteiger partial charge is 0.472 e. The van der Waals surface area contributed by atoms with Crippen molar-refractivity contribution in [3.05, 3.63) is 24.2 Å². The molecule has 1 saturated heterocycles. The minimum Gasteiger partial charge on any atom is -0.472 e. The Bertz CT molecular complexity index is 362. The van der Waals surface area contributed by atoms with Gasteiger partial charge in [-0.2, -0.15) is 0 Å². The summed E-state index contributed by atoms with van der Waals surface area (Å²) in [5.41, 5.74) is 0.655. The number of furan rings is 1. The Morgan fingerprint density at radius 1 is 1.65 bits per heavy atom. The first-order chi connectivity index (χ1) is 8.26. The summed E-state index contributed by atoms with van der Waals surface area (Å²) in [6.07, 6.45) is 5.19. The van der Waals surface area contributed by atoms with E-state index in [0.29, 0.717) is 17.5 Å². The first-order valence-electron chi connectivity index (χ1n) is 6.25. The number of hydrogen-bond acceptors (Lipinski definition) is 3. The van der Waals surface area contributed by atoms with E-state index in [4.69, 9.17) is 4.42 Å². The summed E-state index contributed by atoms with van der Waals surface area (Å²) < 4.78 is 4.96. The van der Waals surface area contributed by atoms with E-state index in [9.17, 15) is 4.79 Å². The average Bonchev–Trinajstić information content (AvgIpc) is 2.90. The van der Waals surface area contributed by atoms with Crippen LogP contribution in [-0.4, -0.2) is 37.0 Å². The zero-order valence-corrected chi connectivity index (χ0v) is 10.5. The molecule has 1 fully saturated rings. The quantitative estimate of drug-likeness (QED) is 0.869. The maximum atomic E-state index is 12.2. The van der Waals surface area contributed by atoms with E-state index in [2.05, 4.69) is 12.2 Å². The Hall–Kier alpha value is -1.29. The molecular formula is C13H20N2O2. The van der Waals surface area contributed by atoms with Gasteiger partial charge in [-0.25, -0.2) is 0 Å². The van der Waals surface area contributed by atoms with Crippen LogP contribution >= 0.6 is 0 Å². The van der Waals surface area contributed by atoms with Crippen molar-refractivity contribution in [3.63, 3.8) is 0 Å². The molecule has 2 atom stereocenters. The second-order valence-corrected chi connectivity index (χ2v) is 4.62. The summed E-state index contributed by atoms with van der Waals surface area (Å²) in [6.45, 7) is 3.85. The van der Waals surface area contributed by atoms with E-state index >= 15 is 0 Å². The fourth-order valence-electron chi connectivity index (χ4n) is 2.58. The van der Waals surface area contributed by atoms with Gasteiger partial charge in [0, 0.05) is 19.1 Å². The lowest BCUT2D eigenvalue weighted by molar-refractivity contribution is 0.0631. The summed E-state index contributed by atoms with van der Waals surface area (Å²) in [5.74, 6) is 0.636. The van der Waals surface area contributed by atoms with Gasteiger partial charge < -0.3 is 14.6 Å². The fourth-order valence-corrected chi connectivity index (χ4v) is 2.58. The van der Waals surface area contributed by atoms with Crippen LogP contribution in [0.15, 0.2) is 23.0 Å². The van der Waals surface area contributed by atoms with Crippen LogP contribution in [-0.2, 0) is 0 Å². The first-order valence-corrected chi connectivity index (χ1v) is 6.25. The number of amides is 1. The lowest BCUT2D eigenvalue weighted by atomic mass is 9.90. The predicted molar refractivity (Wildman–Crippen MR) is 65.9 cm³/mol. The van der Waals surface area contributed by atoms with Gasteiger partial charge in [0.05, 0.1) is 11.8 Å². The van der Waals surface area contributed by atoms with E-state index in [1.165, 1.54) is 6.26 Å². The molecule has 2 rings (SSSR count). The molecule has 0 saturated carbocycles. The molecule has 0 aliphatic carbocycles. The normalized spacial score (nSPS) is 24.9. The lowest BCUT2D eigenvalue weighted by Crippen LogP contribution is -2.50. The van der Waals surface area contributed by atoms with Crippen molar-refractivity contribution in [2.45, 2.75) is 25.8 Å². The van der Waals surface area contributed by atoms with E-state index in [1.807, 2.05) is 11.9 Å².